The second-order valence-corrected chi connectivity index (χ2v) is 4.94. The molecule has 0 saturated carbocycles. The van der Waals surface area contributed by atoms with E-state index >= 15 is 0 Å². The molecule has 2 N–H and O–H groups in total. The summed E-state index contributed by atoms with van der Waals surface area (Å²) >= 11 is 6.06. The van der Waals surface area contributed by atoms with Crippen molar-refractivity contribution in [3.05, 3.63) is 28.8 Å². The van der Waals surface area contributed by atoms with Crippen LogP contribution in [0.1, 0.15) is 24.8 Å². The first-order valence-electron chi connectivity index (χ1n) is 5.94. The van der Waals surface area contributed by atoms with Gasteiger partial charge in [-0.2, -0.15) is 0 Å². The molecule has 0 aromatic heterocycles. The Morgan fingerprint density at radius 3 is 2.94 bits per heavy atom. The molecule has 0 bridgehead atoms. The van der Waals surface area contributed by atoms with Crippen LogP contribution >= 0.6 is 24.0 Å². The van der Waals surface area contributed by atoms with Crippen LogP contribution in [0.25, 0.3) is 0 Å². The van der Waals surface area contributed by atoms with Crippen LogP contribution in [0.3, 0.4) is 0 Å². The van der Waals surface area contributed by atoms with Gasteiger partial charge in [0.05, 0.1) is 10.7 Å². The number of carbonyl (C=O) groups excluding carboxylic acids is 1. The fourth-order valence-electron chi connectivity index (χ4n) is 2.08. The van der Waals surface area contributed by atoms with E-state index in [-0.39, 0.29) is 18.3 Å². The summed E-state index contributed by atoms with van der Waals surface area (Å²) in [6, 6.07) is 5.96. The first-order valence-corrected chi connectivity index (χ1v) is 6.32. The molecule has 1 atom stereocenters. The molecule has 18 heavy (non-hydrogen) atoms. The van der Waals surface area contributed by atoms with Crippen molar-refractivity contribution in [3.8, 4) is 0 Å². The third-order valence-electron chi connectivity index (χ3n) is 2.99. The lowest BCUT2D eigenvalue weighted by molar-refractivity contribution is -0.116. The highest BCUT2D eigenvalue weighted by atomic mass is 35.5. The molecule has 0 aliphatic carbocycles. The zero-order valence-corrected chi connectivity index (χ0v) is 11.9. The predicted molar refractivity (Wildman–Crippen MR) is 77.7 cm³/mol. The van der Waals surface area contributed by atoms with Gasteiger partial charge in [-0.3, -0.25) is 4.79 Å². The van der Waals surface area contributed by atoms with E-state index in [2.05, 4.69) is 10.6 Å². The second-order valence-electron chi connectivity index (χ2n) is 4.53. The summed E-state index contributed by atoms with van der Waals surface area (Å²) in [4.78, 5) is 11.8. The monoisotopic (exact) mass is 288 g/mol. The smallest absolute Gasteiger partial charge is 0.225 e. The maximum Gasteiger partial charge on any atom is 0.225 e. The van der Waals surface area contributed by atoms with E-state index in [1.165, 1.54) is 0 Å². The minimum absolute atomic E-state index is 0. The molecule has 1 aliphatic rings. The van der Waals surface area contributed by atoms with Crippen LogP contribution in [0.4, 0.5) is 5.69 Å². The van der Waals surface area contributed by atoms with Gasteiger partial charge in [-0.25, -0.2) is 0 Å². The SMILES string of the molecule is Cc1ccc(NC(=O)CC2CCCN2)c(Cl)c1.Cl. The van der Waals surface area contributed by atoms with Crippen LogP contribution in [0.5, 0.6) is 0 Å². The molecule has 1 aliphatic heterocycles. The van der Waals surface area contributed by atoms with Crippen molar-refractivity contribution in [3.63, 3.8) is 0 Å². The molecule has 1 heterocycles. The summed E-state index contributed by atoms with van der Waals surface area (Å²) in [6.45, 7) is 2.99. The van der Waals surface area contributed by atoms with Gasteiger partial charge in [0.15, 0.2) is 0 Å². The van der Waals surface area contributed by atoms with Crippen LogP contribution in [0, 0.1) is 6.92 Å². The van der Waals surface area contributed by atoms with Gasteiger partial charge in [0, 0.05) is 12.5 Å². The predicted octanol–water partition coefficient (Wildman–Crippen LogP) is 3.15. The average Bonchev–Trinajstić information content (AvgIpc) is 2.75. The number of hydrogen-bond acceptors (Lipinski definition) is 2. The second kappa shape index (κ2) is 6.98. The summed E-state index contributed by atoms with van der Waals surface area (Å²) < 4.78 is 0. The van der Waals surface area contributed by atoms with Crippen molar-refractivity contribution in [2.75, 3.05) is 11.9 Å². The molecular weight excluding hydrogens is 271 g/mol. The maximum absolute atomic E-state index is 11.8. The first kappa shape index (κ1) is 15.3. The molecule has 1 unspecified atom stereocenters. The molecule has 5 heteroatoms. The van der Waals surface area contributed by atoms with Crippen LogP contribution in [-0.2, 0) is 4.79 Å². The normalized spacial score (nSPS) is 18.2. The number of aryl methyl sites for hydroxylation is 1. The van der Waals surface area contributed by atoms with Crippen molar-refractivity contribution in [1.82, 2.24) is 5.32 Å². The minimum atomic E-state index is 0. The maximum atomic E-state index is 11.8. The van der Waals surface area contributed by atoms with Crippen molar-refractivity contribution >= 4 is 35.6 Å². The third-order valence-corrected chi connectivity index (χ3v) is 3.31. The number of carbonyl (C=O) groups is 1. The van der Waals surface area contributed by atoms with Crippen LogP contribution in [-0.4, -0.2) is 18.5 Å². The number of benzene rings is 1. The molecule has 1 saturated heterocycles. The summed E-state index contributed by atoms with van der Waals surface area (Å²) in [5.74, 6) is 0.0233. The van der Waals surface area contributed by atoms with Gasteiger partial charge in [-0.15, -0.1) is 12.4 Å². The highest BCUT2D eigenvalue weighted by Crippen LogP contribution is 2.23. The Balaban J connectivity index is 0.00000162. The molecule has 1 aromatic rings. The van der Waals surface area contributed by atoms with E-state index < -0.39 is 0 Å². The number of nitrogens with one attached hydrogen (secondary N) is 2. The number of halogens is 2. The van der Waals surface area contributed by atoms with Crippen LogP contribution < -0.4 is 10.6 Å². The molecule has 0 spiro atoms. The molecular formula is C13H18Cl2N2O. The van der Waals surface area contributed by atoms with Crippen molar-refractivity contribution in [1.29, 1.82) is 0 Å². The van der Waals surface area contributed by atoms with Gasteiger partial charge >= 0.3 is 0 Å². The van der Waals surface area contributed by atoms with E-state index in [1.54, 1.807) is 0 Å². The Kier molecular flexibility index (Phi) is 5.93. The van der Waals surface area contributed by atoms with Gasteiger partial charge in [0.2, 0.25) is 5.91 Å². The largest absolute Gasteiger partial charge is 0.325 e. The number of anilines is 1. The average molecular weight is 289 g/mol. The molecule has 100 valence electrons. The van der Waals surface area contributed by atoms with Gasteiger partial charge in [0.1, 0.15) is 0 Å². The highest BCUT2D eigenvalue weighted by Gasteiger charge is 2.17. The molecule has 1 aromatic carbocycles. The summed E-state index contributed by atoms with van der Waals surface area (Å²) in [5, 5.41) is 6.75. The summed E-state index contributed by atoms with van der Waals surface area (Å²) in [5.41, 5.74) is 1.78. The lowest BCUT2D eigenvalue weighted by Gasteiger charge is -2.11. The van der Waals surface area contributed by atoms with Gasteiger partial charge < -0.3 is 10.6 Å². The Labute approximate surface area is 119 Å². The van der Waals surface area contributed by atoms with E-state index in [9.17, 15) is 4.79 Å². The van der Waals surface area contributed by atoms with E-state index in [1.807, 2.05) is 25.1 Å². The molecule has 1 amide bonds. The molecule has 2 rings (SSSR count). The van der Waals surface area contributed by atoms with Crippen LogP contribution in [0.15, 0.2) is 18.2 Å². The fraction of sp³-hybridized carbons (Fsp3) is 0.462. The Morgan fingerprint density at radius 1 is 1.56 bits per heavy atom. The van der Waals surface area contributed by atoms with Crippen molar-refractivity contribution < 1.29 is 4.79 Å². The first-order chi connectivity index (χ1) is 8.15. The van der Waals surface area contributed by atoms with E-state index in [0.717, 1.165) is 24.9 Å². The van der Waals surface area contributed by atoms with Gasteiger partial charge in [0.25, 0.3) is 0 Å². The number of amides is 1. The highest BCUT2D eigenvalue weighted by molar-refractivity contribution is 6.33. The minimum Gasteiger partial charge on any atom is -0.325 e. The zero-order chi connectivity index (χ0) is 12.3. The van der Waals surface area contributed by atoms with Gasteiger partial charge in [-0.05, 0) is 44.0 Å². The zero-order valence-electron chi connectivity index (χ0n) is 10.3. The topological polar surface area (TPSA) is 41.1 Å². The summed E-state index contributed by atoms with van der Waals surface area (Å²) in [6.07, 6.45) is 2.75. The van der Waals surface area contributed by atoms with E-state index in [4.69, 9.17) is 11.6 Å². The molecule has 3 nitrogen and oxygen atoms in total. The quantitative estimate of drug-likeness (QED) is 0.897. The third kappa shape index (κ3) is 4.16. The number of rotatable bonds is 3. The standard InChI is InChI=1S/C13H17ClN2O.ClH/c1-9-4-5-12(11(14)7-9)16-13(17)8-10-3-2-6-15-10;/h4-5,7,10,15H,2-3,6,8H2,1H3,(H,16,17);1H. The Bertz CT molecular complexity index is 417. The lowest BCUT2D eigenvalue weighted by atomic mass is 10.1. The molecule has 0 radical (unpaired) electrons. The lowest BCUT2D eigenvalue weighted by Crippen LogP contribution is -2.27. The number of hydrogen-bond donors (Lipinski definition) is 2. The fourth-order valence-corrected chi connectivity index (χ4v) is 2.36. The van der Waals surface area contributed by atoms with Gasteiger partial charge in [-0.1, -0.05) is 17.7 Å². The Morgan fingerprint density at radius 2 is 2.33 bits per heavy atom. The Hall–Kier alpha value is -0.770. The van der Waals surface area contributed by atoms with Crippen molar-refractivity contribution in [2.45, 2.75) is 32.2 Å². The summed E-state index contributed by atoms with van der Waals surface area (Å²) in [7, 11) is 0. The van der Waals surface area contributed by atoms with E-state index in [0.29, 0.717) is 23.2 Å². The van der Waals surface area contributed by atoms with Crippen LogP contribution in [0.2, 0.25) is 5.02 Å². The van der Waals surface area contributed by atoms with Crippen molar-refractivity contribution in [2.24, 2.45) is 0 Å². The molecule has 1 fully saturated rings.